The number of hydrogen-bond acceptors (Lipinski definition) is 7. The number of amides is 1. The lowest BCUT2D eigenvalue weighted by molar-refractivity contribution is -0.129. The lowest BCUT2D eigenvalue weighted by Crippen LogP contribution is -2.21. The SMILES string of the molecule is O=C(C[C@@H](CCCC1CCCCC1)c1noc(-c2cnccn2)n1)NO. The summed E-state index contributed by atoms with van der Waals surface area (Å²) in [5.74, 6) is 0.905. The molecule has 0 aromatic carbocycles. The molecule has 8 heteroatoms. The summed E-state index contributed by atoms with van der Waals surface area (Å²) in [6.45, 7) is 0. The molecule has 1 amide bonds. The molecule has 0 saturated heterocycles. The highest BCUT2D eigenvalue weighted by Gasteiger charge is 2.23. The fraction of sp³-hybridized carbons (Fsp3) is 0.611. The minimum Gasteiger partial charge on any atom is -0.332 e. The molecule has 2 N–H and O–H groups in total. The van der Waals surface area contributed by atoms with E-state index in [4.69, 9.17) is 9.73 Å². The van der Waals surface area contributed by atoms with Crippen LogP contribution >= 0.6 is 0 Å². The van der Waals surface area contributed by atoms with Gasteiger partial charge in [-0.25, -0.2) is 10.5 Å². The van der Waals surface area contributed by atoms with Crippen LogP contribution in [0.1, 0.15) is 69.5 Å². The smallest absolute Gasteiger partial charge is 0.278 e. The fourth-order valence-electron chi connectivity index (χ4n) is 3.63. The summed E-state index contributed by atoms with van der Waals surface area (Å²) in [5.41, 5.74) is 2.19. The second-order valence-electron chi connectivity index (χ2n) is 6.92. The normalized spacial score (nSPS) is 16.3. The number of carbonyl (C=O) groups excluding carboxylic acids is 1. The molecule has 1 atom stereocenters. The zero-order valence-electron chi connectivity index (χ0n) is 14.8. The van der Waals surface area contributed by atoms with E-state index in [0.29, 0.717) is 11.5 Å². The highest BCUT2D eigenvalue weighted by Crippen LogP contribution is 2.31. The third-order valence-corrected chi connectivity index (χ3v) is 5.04. The van der Waals surface area contributed by atoms with E-state index in [9.17, 15) is 4.79 Å². The number of rotatable bonds is 8. The molecule has 2 aromatic heterocycles. The fourth-order valence-corrected chi connectivity index (χ4v) is 3.63. The van der Waals surface area contributed by atoms with Gasteiger partial charge in [-0.15, -0.1) is 0 Å². The van der Waals surface area contributed by atoms with Crippen molar-refractivity contribution in [3.63, 3.8) is 0 Å². The monoisotopic (exact) mass is 359 g/mol. The first kappa shape index (κ1) is 18.4. The van der Waals surface area contributed by atoms with Crippen molar-refractivity contribution in [3.05, 3.63) is 24.4 Å². The van der Waals surface area contributed by atoms with Crippen LogP contribution < -0.4 is 5.48 Å². The third-order valence-electron chi connectivity index (χ3n) is 5.04. The first-order valence-corrected chi connectivity index (χ1v) is 9.29. The van der Waals surface area contributed by atoms with Gasteiger partial charge >= 0.3 is 0 Å². The molecular formula is C18H25N5O3. The summed E-state index contributed by atoms with van der Waals surface area (Å²) in [7, 11) is 0. The first-order valence-electron chi connectivity index (χ1n) is 9.29. The second-order valence-corrected chi connectivity index (χ2v) is 6.92. The Morgan fingerprint density at radius 2 is 2.15 bits per heavy atom. The van der Waals surface area contributed by atoms with E-state index < -0.39 is 5.91 Å². The van der Waals surface area contributed by atoms with E-state index in [1.807, 2.05) is 0 Å². The molecule has 8 nitrogen and oxygen atoms in total. The number of aromatic nitrogens is 4. The van der Waals surface area contributed by atoms with E-state index in [-0.39, 0.29) is 18.2 Å². The quantitative estimate of drug-likeness (QED) is 0.549. The third kappa shape index (κ3) is 5.08. The van der Waals surface area contributed by atoms with Crippen LogP contribution in [0.4, 0.5) is 0 Å². The minimum absolute atomic E-state index is 0.126. The van der Waals surface area contributed by atoms with E-state index in [0.717, 1.165) is 25.2 Å². The van der Waals surface area contributed by atoms with Crippen molar-refractivity contribution < 1.29 is 14.5 Å². The lowest BCUT2D eigenvalue weighted by Gasteiger charge is -2.22. The molecular weight excluding hydrogens is 334 g/mol. The Morgan fingerprint density at radius 1 is 1.31 bits per heavy atom. The van der Waals surface area contributed by atoms with Gasteiger partial charge in [0.25, 0.3) is 5.89 Å². The average Bonchev–Trinajstić information content (AvgIpc) is 3.19. The Bertz CT molecular complexity index is 685. The van der Waals surface area contributed by atoms with Crippen LogP contribution in [-0.2, 0) is 4.79 Å². The van der Waals surface area contributed by atoms with Crippen molar-refractivity contribution in [3.8, 4) is 11.6 Å². The minimum atomic E-state index is -0.446. The van der Waals surface area contributed by atoms with Gasteiger partial charge in [-0.2, -0.15) is 4.98 Å². The van der Waals surface area contributed by atoms with Crippen molar-refractivity contribution in [2.75, 3.05) is 0 Å². The number of nitrogens with zero attached hydrogens (tertiary/aromatic N) is 4. The number of hydrogen-bond donors (Lipinski definition) is 2. The molecule has 1 aliphatic carbocycles. The maximum Gasteiger partial charge on any atom is 0.278 e. The summed E-state index contributed by atoms with van der Waals surface area (Å²) in [6, 6.07) is 0. The van der Waals surface area contributed by atoms with Gasteiger partial charge in [0.2, 0.25) is 5.91 Å². The predicted molar refractivity (Wildman–Crippen MR) is 93.0 cm³/mol. The highest BCUT2D eigenvalue weighted by molar-refractivity contribution is 5.75. The largest absolute Gasteiger partial charge is 0.332 e. The van der Waals surface area contributed by atoms with Crippen LogP contribution in [0.3, 0.4) is 0 Å². The molecule has 1 fully saturated rings. The Morgan fingerprint density at radius 3 is 2.88 bits per heavy atom. The van der Waals surface area contributed by atoms with Crippen LogP contribution in [-0.4, -0.2) is 31.2 Å². The lowest BCUT2D eigenvalue weighted by atomic mass is 9.84. The van der Waals surface area contributed by atoms with Crippen LogP contribution in [0, 0.1) is 5.92 Å². The molecule has 26 heavy (non-hydrogen) atoms. The molecule has 3 rings (SSSR count). The van der Waals surface area contributed by atoms with E-state index in [1.54, 1.807) is 24.1 Å². The number of carbonyl (C=O) groups is 1. The zero-order chi connectivity index (χ0) is 18.2. The van der Waals surface area contributed by atoms with Gasteiger partial charge in [0.05, 0.1) is 6.20 Å². The average molecular weight is 359 g/mol. The first-order chi connectivity index (χ1) is 12.8. The molecule has 2 heterocycles. The molecule has 0 spiro atoms. The van der Waals surface area contributed by atoms with Gasteiger partial charge < -0.3 is 4.52 Å². The molecule has 0 radical (unpaired) electrons. The van der Waals surface area contributed by atoms with E-state index in [2.05, 4.69) is 20.1 Å². The topological polar surface area (TPSA) is 114 Å². The van der Waals surface area contributed by atoms with Gasteiger partial charge in [-0.05, 0) is 12.3 Å². The van der Waals surface area contributed by atoms with Gasteiger partial charge in [-0.3, -0.25) is 15.0 Å². The molecule has 2 aromatic rings. The molecule has 1 aliphatic rings. The molecule has 140 valence electrons. The summed E-state index contributed by atoms with van der Waals surface area (Å²) >= 11 is 0. The van der Waals surface area contributed by atoms with Crippen molar-refractivity contribution >= 4 is 5.91 Å². The van der Waals surface area contributed by atoms with Gasteiger partial charge in [0.1, 0.15) is 5.69 Å². The van der Waals surface area contributed by atoms with Crippen molar-refractivity contribution in [1.29, 1.82) is 0 Å². The zero-order valence-corrected chi connectivity index (χ0v) is 14.8. The van der Waals surface area contributed by atoms with Crippen LogP contribution in [0.25, 0.3) is 11.6 Å². The standard InChI is InChI=1S/C18H25N5O3/c24-16(22-25)11-14(8-4-7-13-5-2-1-3-6-13)17-21-18(26-23-17)15-12-19-9-10-20-15/h9-10,12-14,25H,1-8,11H2,(H,22,24)/t14-/m1/s1. The van der Waals surface area contributed by atoms with Crippen molar-refractivity contribution in [2.24, 2.45) is 5.92 Å². The maximum absolute atomic E-state index is 11.7. The van der Waals surface area contributed by atoms with Crippen LogP contribution in [0.5, 0.6) is 0 Å². The number of nitrogens with one attached hydrogen (secondary N) is 1. The Kier molecular flexibility index (Phi) is 6.65. The number of hydroxylamine groups is 1. The molecule has 0 bridgehead atoms. The summed E-state index contributed by atoms with van der Waals surface area (Å²) in [4.78, 5) is 24.2. The van der Waals surface area contributed by atoms with Crippen LogP contribution in [0.2, 0.25) is 0 Å². The van der Waals surface area contributed by atoms with E-state index >= 15 is 0 Å². The van der Waals surface area contributed by atoms with Gasteiger partial charge in [-0.1, -0.05) is 50.1 Å². The van der Waals surface area contributed by atoms with Crippen molar-refractivity contribution in [2.45, 2.75) is 63.7 Å². The second kappa shape index (κ2) is 9.38. The summed E-state index contributed by atoms with van der Waals surface area (Å²) in [6.07, 6.45) is 14.4. The highest BCUT2D eigenvalue weighted by atomic mass is 16.5. The Hall–Kier alpha value is -2.35. The molecule has 0 unspecified atom stereocenters. The summed E-state index contributed by atoms with van der Waals surface area (Å²) < 4.78 is 5.29. The maximum atomic E-state index is 11.7. The van der Waals surface area contributed by atoms with Gasteiger partial charge in [0.15, 0.2) is 5.82 Å². The van der Waals surface area contributed by atoms with Gasteiger partial charge in [0, 0.05) is 24.7 Å². The Balaban J connectivity index is 1.63. The summed E-state index contributed by atoms with van der Waals surface area (Å²) in [5, 5.41) is 12.9. The van der Waals surface area contributed by atoms with E-state index in [1.165, 1.54) is 32.1 Å². The molecule has 0 aliphatic heterocycles. The Labute approximate surface area is 152 Å². The van der Waals surface area contributed by atoms with Crippen molar-refractivity contribution in [1.82, 2.24) is 25.6 Å². The van der Waals surface area contributed by atoms with Crippen LogP contribution in [0.15, 0.2) is 23.1 Å². The predicted octanol–water partition coefficient (Wildman–Crippen LogP) is 3.26. The molecule has 1 saturated carbocycles.